The lowest BCUT2D eigenvalue weighted by Crippen LogP contribution is -2.46. The molecule has 0 aliphatic heterocycles. The van der Waals surface area contributed by atoms with Crippen LogP contribution in [0.5, 0.6) is 0 Å². The zero-order valence-electron chi connectivity index (χ0n) is 9.47. The molecule has 1 atom stereocenters. The number of hydrogen-bond donors (Lipinski definition) is 2. The number of carbonyl (C=O) groups excluding carboxylic acids is 1. The van der Waals surface area contributed by atoms with Crippen LogP contribution in [-0.4, -0.2) is 24.5 Å². The van der Waals surface area contributed by atoms with Gasteiger partial charge in [-0.3, -0.25) is 4.79 Å². The van der Waals surface area contributed by atoms with Gasteiger partial charge in [-0.2, -0.15) is 0 Å². The highest BCUT2D eigenvalue weighted by Gasteiger charge is 2.14. The number of hydrogen-bond acceptors (Lipinski definition) is 2. The molecule has 2 N–H and O–H groups in total. The van der Waals surface area contributed by atoms with E-state index in [4.69, 9.17) is 0 Å². The number of amides is 1. The third-order valence-electron chi connectivity index (χ3n) is 2.29. The Morgan fingerprint density at radius 2 is 2.00 bits per heavy atom. The Labute approximate surface area is 87.0 Å². The van der Waals surface area contributed by atoms with E-state index >= 15 is 0 Å². The molecule has 82 valence electrons. The molecule has 14 heavy (non-hydrogen) atoms. The predicted molar refractivity (Wildman–Crippen MR) is 60.2 cm³/mol. The maximum absolute atomic E-state index is 11.4. The average Bonchev–Trinajstić information content (AvgIpc) is 2.21. The van der Waals surface area contributed by atoms with Crippen LogP contribution in [0, 0.1) is 0 Å². The van der Waals surface area contributed by atoms with Crippen LogP contribution in [-0.2, 0) is 4.79 Å². The lowest BCUT2D eigenvalue weighted by atomic mass is 10.1. The molecular weight excluding hydrogens is 176 g/mol. The molecule has 1 amide bonds. The van der Waals surface area contributed by atoms with E-state index in [1.54, 1.807) is 6.08 Å². The van der Waals surface area contributed by atoms with Gasteiger partial charge in [-0.05, 0) is 19.8 Å². The summed E-state index contributed by atoms with van der Waals surface area (Å²) in [5, 5.41) is 6.04. The molecule has 0 fully saturated rings. The summed E-state index contributed by atoms with van der Waals surface area (Å²) < 4.78 is 0. The van der Waals surface area contributed by atoms with E-state index in [2.05, 4.69) is 31.1 Å². The smallest absolute Gasteiger partial charge is 0.237 e. The van der Waals surface area contributed by atoms with Gasteiger partial charge in [-0.15, -0.1) is 6.58 Å². The summed E-state index contributed by atoms with van der Waals surface area (Å²) in [6.07, 6.45) is 3.78. The summed E-state index contributed by atoms with van der Waals surface area (Å²) in [6.45, 7) is 10.2. The molecule has 0 saturated carbocycles. The molecule has 0 aliphatic rings. The molecule has 0 spiro atoms. The molecule has 0 aromatic carbocycles. The van der Waals surface area contributed by atoms with Gasteiger partial charge in [0.2, 0.25) is 5.91 Å². The molecule has 3 heteroatoms. The molecule has 3 nitrogen and oxygen atoms in total. The van der Waals surface area contributed by atoms with Gasteiger partial charge in [0, 0.05) is 12.6 Å². The summed E-state index contributed by atoms with van der Waals surface area (Å²) in [7, 11) is 0. The Morgan fingerprint density at radius 3 is 2.43 bits per heavy atom. The van der Waals surface area contributed by atoms with Gasteiger partial charge in [0.15, 0.2) is 0 Å². The maximum atomic E-state index is 11.4. The fraction of sp³-hybridized carbons (Fsp3) is 0.727. The first-order valence-corrected chi connectivity index (χ1v) is 5.30. The van der Waals surface area contributed by atoms with E-state index in [9.17, 15) is 4.79 Å². The van der Waals surface area contributed by atoms with Crippen LogP contribution < -0.4 is 10.6 Å². The zero-order valence-corrected chi connectivity index (χ0v) is 9.47. The lowest BCUT2D eigenvalue weighted by molar-refractivity contribution is -0.122. The third kappa shape index (κ3) is 5.02. The Hall–Kier alpha value is -0.830. The van der Waals surface area contributed by atoms with Crippen LogP contribution >= 0.6 is 0 Å². The minimum Gasteiger partial charge on any atom is -0.351 e. The Morgan fingerprint density at radius 1 is 1.43 bits per heavy atom. The Bertz CT molecular complexity index is 176. The van der Waals surface area contributed by atoms with Crippen molar-refractivity contribution in [2.24, 2.45) is 0 Å². The molecule has 0 aromatic heterocycles. The second kappa shape index (κ2) is 7.56. The molecule has 0 aromatic rings. The molecular formula is C11H22N2O. The van der Waals surface area contributed by atoms with Gasteiger partial charge in [-0.25, -0.2) is 0 Å². The van der Waals surface area contributed by atoms with Crippen molar-refractivity contribution in [1.29, 1.82) is 0 Å². The second-order valence-electron chi connectivity index (χ2n) is 3.44. The first-order valence-electron chi connectivity index (χ1n) is 5.30. The highest BCUT2D eigenvalue weighted by Crippen LogP contribution is 1.98. The number of carbonyl (C=O) groups is 1. The van der Waals surface area contributed by atoms with Crippen molar-refractivity contribution in [3.05, 3.63) is 12.7 Å². The molecule has 0 heterocycles. The monoisotopic (exact) mass is 198 g/mol. The van der Waals surface area contributed by atoms with E-state index in [1.165, 1.54) is 0 Å². The van der Waals surface area contributed by atoms with Crippen LogP contribution in [0.25, 0.3) is 0 Å². The highest BCUT2D eigenvalue weighted by atomic mass is 16.2. The number of nitrogens with one attached hydrogen (secondary N) is 2. The van der Waals surface area contributed by atoms with Gasteiger partial charge >= 0.3 is 0 Å². The fourth-order valence-electron chi connectivity index (χ4n) is 1.28. The van der Waals surface area contributed by atoms with Crippen molar-refractivity contribution in [1.82, 2.24) is 10.6 Å². The quantitative estimate of drug-likeness (QED) is 0.608. The molecule has 0 rings (SSSR count). The van der Waals surface area contributed by atoms with Crippen LogP contribution in [0.2, 0.25) is 0 Å². The highest BCUT2D eigenvalue weighted by molar-refractivity contribution is 5.81. The van der Waals surface area contributed by atoms with Crippen molar-refractivity contribution < 1.29 is 4.79 Å². The van der Waals surface area contributed by atoms with E-state index < -0.39 is 0 Å². The molecule has 0 bridgehead atoms. The molecule has 0 aliphatic carbocycles. The van der Waals surface area contributed by atoms with Gasteiger partial charge in [0.25, 0.3) is 0 Å². The van der Waals surface area contributed by atoms with Gasteiger partial charge < -0.3 is 10.6 Å². The van der Waals surface area contributed by atoms with E-state index in [0.29, 0.717) is 12.6 Å². The SMILES string of the molecule is C=CCNC(=O)C(C)NC(CC)CC. The average molecular weight is 198 g/mol. The first kappa shape index (κ1) is 13.2. The molecule has 1 unspecified atom stereocenters. The summed E-state index contributed by atoms with van der Waals surface area (Å²) >= 11 is 0. The zero-order chi connectivity index (χ0) is 11.0. The third-order valence-corrected chi connectivity index (χ3v) is 2.29. The summed E-state index contributed by atoms with van der Waals surface area (Å²) in [6, 6.07) is 0.305. The number of rotatable bonds is 7. The minimum atomic E-state index is -0.125. The van der Waals surface area contributed by atoms with E-state index in [1.807, 2.05) is 6.92 Å². The maximum Gasteiger partial charge on any atom is 0.237 e. The minimum absolute atomic E-state index is 0.0387. The molecule has 0 radical (unpaired) electrons. The predicted octanol–water partition coefficient (Wildman–Crippen LogP) is 1.46. The largest absolute Gasteiger partial charge is 0.351 e. The lowest BCUT2D eigenvalue weighted by Gasteiger charge is -2.20. The summed E-state index contributed by atoms with van der Waals surface area (Å²) in [5.41, 5.74) is 0. The van der Waals surface area contributed by atoms with Gasteiger partial charge in [0.05, 0.1) is 6.04 Å². The van der Waals surface area contributed by atoms with Crippen LogP contribution in [0.1, 0.15) is 33.6 Å². The van der Waals surface area contributed by atoms with Crippen molar-refractivity contribution >= 4 is 5.91 Å². The first-order chi connectivity index (χ1) is 6.65. The Balaban J connectivity index is 3.86. The topological polar surface area (TPSA) is 41.1 Å². The molecule has 0 saturated heterocycles. The van der Waals surface area contributed by atoms with Crippen molar-refractivity contribution in [3.8, 4) is 0 Å². The normalized spacial score (nSPS) is 12.6. The van der Waals surface area contributed by atoms with Gasteiger partial charge in [-0.1, -0.05) is 19.9 Å². The Kier molecular flexibility index (Phi) is 7.11. The van der Waals surface area contributed by atoms with Crippen molar-refractivity contribution in [2.75, 3.05) is 6.54 Å². The fourth-order valence-corrected chi connectivity index (χ4v) is 1.28. The van der Waals surface area contributed by atoms with E-state index in [0.717, 1.165) is 12.8 Å². The second-order valence-corrected chi connectivity index (χ2v) is 3.44. The summed E-state index contributed by atoms with van der Waals surface area (Å²) in [5.74, 6) is 0.0387. The van der Waals surface area contributed by atoms with Crippen LogP contribution in [0.15, 0.2) is 12.7 Å². The standard InChI is InChI=1S/C11H22N2O/c1-5-8-12-11(14)9(4)13-10(6-2)7-3/h5,9-10,13H,1,6-8H2,2-4H3,(H,12,14). The van der Waals surface area contributed by atoms with Crippen LogP contribution in [0.3, 0.4) is 0 Å². The van der Waals surface area contributed by atoms with Crippen molar-refractivity contribution in [3.63, 3.8) is 0 Å². The van der Waals surface area contributed by atoms with E-state index in [-0.39, 0.29) is 11.9 Å². The summed E-state index contributed by atoms with van der Waals surface area (Å²) in [4.78, 5) is 11.4. The van der Waals surface area contributed by atoms with Crippen molar-refractivity contribution in [2.45, 2.75) is 45.7 Å². The van der Waals surface area contributed by atoms with Gasteiger partial charge in [0.1, 0.15) is 0 Å². The van der Waals surface area contributed by atoms with Crippen LogP contribution in [0.4, 0.5) is 0 Å².